The summed E-state index contributed by atoms with van der Waals surface area (Å²) in [5.74, 6) is 0.0834. The molecule has 6 nitrogen and oxygen atoms in total. The largest absolute Gasteiger partial charge is 0.459 e. The highest BCUT2D eigenvalue weighted by Crippen LogP contribution is 2.26. The molecule has 1 aliphatic heterocycles. The zero-order valence-electron chi connectivity index (χ0n) is 13.4. The number of carbonyl (C=O) groups excluding carboxylic acids is 1. The van der Waals surface area contributed by atoms with Gasteiger partial charge in [-0.05, 0) is 24.5 Å². The molecule has 1 aromatic heterocycles. The molecular weight excluding hydrogens is 328 g/mol. The molecule has 1 aliphatic rings. The van der Waals surface area contributed by atoms with Gasteiger partial charge in [0.05, 0.1) is 12.5 Å². The maximum Gasteiger partial charge on any atom is 0.290 e. The maximum atomic E-state index is 12.8. The van der Waals surface area contributed by atoms with Crippen LogP contribution < -0.4 is 4.72 Å². The lowest BCUT2D eigenvalue weighted by Crippen LogP contribution is -2.49. The fraction of sp³-hybridized carbons (Fsp3) is 0.353. The Morgan fingerprint density at radius 3 is 2.71 bits per heavy atom. The van der Waals surface area contributed by atoms with Crippen LogP contribution in [0.3, 0.4) is 0 Å². The van der Waals surface area contributed by atoms with E-state index in [1.54, 1.807) is 11.0 Å². The number of likely N-dealkylation sites (tertiary alicyclic amines) is 1. The third kappa shape index (κ3) is 3.85. The van der Waals surface area contributed by atoms with E-state index < -0.39 is 10.0 Å². The Morgan fingerprint density at radius 1 is 1.25 bits per heavy atom. The smallest absolute Gasteiger partial charge is 0.290 e. The average molecular weight is 348 g/mol. The fourth-order valence-electron chi connectivity index (χ4n) is 3.02. The predicted molar refractivity (Wildman–Crippen MR) is 91.0 cm³/mol. The predicted octanol–water partition coefficient (Wildman–Crippen LogP) is 2.10. The Labute approximate surface area is 141 Å². The first-order chi connectivity index (χ1) is 11.4. The number of rotatable bonds is 4. The lowest BCUT2D eigenvalue weighted by atomic mass is 10.0. The first kappa shape index (κ1) is 16.7. The molecule has 2 heterocycles. The minimum atomic E-state index is -3.29. The number of hydrogen-bond donors (Lipinski definition) is 1. The molecule has 1 atom stereocenters. The lowest BCUT2D eigenvalue weighted by molar-refractivity contribution is 0.0672. The third-order valence-corrected chi connectivity index (χ3v) is 4.80. The Hall–Kier alpha value is -2.12. The maximum absolute atomic E-state index is 12.8. The van der Waals surface area contributed by atoms with E-state index in [1.807, 2.05) is 30.3 Å². The van der Waals surface area contributed by atoms with Crippen LogP contribution in [-0.4, -0.2) is 44.6 Å². The molecule has 1 aromatic carbocycles. The number of hydrogen-bond acceptors (Lipinski definition) is 4. The van der Waals surface area contributed by atoms with Gasteiger partial charge < -0.3 is 9.32 Å². The van der Waals surface area contributed by atoms with Crippen molar-refractivity contribution >= 4 is 15.9 Å². The van der Waals surface area contributed by atoms with Crippen LogP contribution in [0.2, 0.25) is 0 Å². The van der Waals surface area contributed by atoms with Gasteiger partial charge in [-0.2, -0.15) is 0 Å². The van der Waals surface area contributed by atoms with Crippen LogP contribution in [0.25, 0.3) is 11.1 Å². The third-order valence-electron chi connectivity index (χ3n) is 4.03. The van der Waals surface area contributed by atoms with Crippen molar-refractivity contribution < 1.29 is 17.6 Å². The normalized spacial score (nSPS) is 18.5. The molecule has 2 aromatic rings. The molecule has 128 valence electrons. The van der Waals surface area contributed by atoms with Gasteiger partial charge in [-0.3, -0.25) is 4.79 Å². The monoisotopic (exact) mass is 348 g/mol. The minimum Gasteiger partial charge on any atom is -0.459 e. The molecule has 24 heavy (non-hydrogen) atoms. The van der Waals surface area contributed by atoms with Crippen LogP contribution in [-0.2, 0) is 10.0 Å². The molecule has 7 heteroatoms. The summed E-state index contributed by atoms with van der Waals surface area (Å²) < 4.78 is 30.8. The summed E-state index contributed by atoms with van der Waals surface area (Å²) in [5, 5.41) is 0. The van der Waals surface area contributed by atoms with Gasteiger partial charge in [0.15, 0.2) is 5.76 Å². The Morgan fingerprint density at radius 2 is 2.00 bits per heavy atom. The molecule has 0 aliphatic carbocycles. The number of piperidine rings is 1. The van der Waals surface area contributed by atoms with E-state index in [0.29, 0.717) is 18.8 Å². The molecule has 0 spiro atoms. The molecule has 0 radical (unpaired) electrons. The summed E-state index contributed by atoms with van der Waals surface area (Å²) in [5.41, 5.74) is 1.66. The van der Waals surface area contributed by atoms with Gasteiger partial charge in [0.25, 0.3) is 5.91 Å². The first-order valence-corrected chi connectivity index (χ1v) is 9.72. The second-order valence-electron chi connectivity index (χ2n) is 6.01. The Bertz CT molecular complexity index is 814. The highest BCUT2D eigenvalue weighted by atomic mass is 32.2. The van der Waals surface area contributed by atoms with Crippen molar-refractivity contribution in [3.8, 4) is 11.1 Å². The topological polar surface area (TPSA) is 79.6 Å². The van der Waals surface area contributed by atoms with Crippen molar-refractivity contribution in [2.24, 2.45) is 0 Å². The second-order valence-corrected chi connectivity index (χ2v) is 7.79. The lowest BCUT2D eigenvalue weighted by Gasteiger charge is -2.32. The van der Waals surface area contributed by atoms with Gasteiger partial charge in [-0.1, -0.05) is 30.3 Å². The zero-order valence-corrected chi connectivity index (χ0v) is 14.3. The van der Waals surface area contributed by atoms with Crippen molar-refractivity contribution in [2.75, 3.05) is 19.3 Å². The molecule has 3 rings (SSSR count). The molecule has 1 fully saturated rings. The fourth-order valence-corrected chi connectivity index (χ4v) is 3.82. The van der Waals surface area contributed by atoms with Crippen molar-refractivity contribution in [3.63, 3.8) is 0 Å². The van der Waals surface area contributed by atoms with Gasteiger partial charge in [0.1, 0.15) is 0 Å². The summed E-state index contributed by atoms with van der Waals surface area (Å²) in [6.45, 7) is 0.941. The molecule has 0 bridgehead atoms. The summed E-state index contributed by atoms with van der Waals surface area (Å²) in [6, 6.07) is 11.1. The highest BCUT2D eigenvalue weighted by Gasteiger charge is 2.29. The number of amides is 1. The van der Waals surface area contributed by atoms with Crippen LogP contribution >= 0.6 is 0 Å². The van der Waals surface area contributed by atoms with Crippen LogP contribution in [0.4, 0.5) is 0 Å². The zero-order chi connectivity index (χ0) is 17.2. The van der Waals surface area contributed by atoms with Crippen molar-refractivity contribution in [2.45, 2.75) is 18.9 Å². The van der Waals surface area contributed by atoms with Crippen molar-refractivity contribution in [1.29, 1.82) is 0 Å². The van der Waals surface area contributed by atoms with E-state index >= 15 is 0 Å². The molecule has 1 amide bonds. The number of nitrogens with zero attached hydrogens (tertiary/aromatic N) is 1. The van der Waals surface area contributed by atoms with E-state index in [0.717, 1.165) is 30.2 Å². The minimum absolute atomic E-state index is 0.209. The number of nitrogens with one attached hydrogen (secondary N) is 1. The quantitative estimate of drug-likeness (QED) is 0.918. The Kier molecular flexibility index (Phi) is 4.73. The molecule has 1 saturated heterocycles. The Balaban J connectivity index is 1.79. The number of carbonyl (C=O) groups is 1. The van der Waals surface area contributed by atoms with E-state index in [9.17, 15) is 13.2 Å². The van der Waals surface area contributed by atoms with Crippen molar-refractivity contribution in [1.82, 2.24) is 9.62 Å². The van der Waals surface area contributed by atoms with Gasteiger partial charge in [0.2, 0.25) is 10.0 Å². The number of furan rings is 1. The van der Waals surface area contributed by atoms with Gasteiger partial charge in [0, 0.05) is 24.7 Å². The molecule has 1 N–H and O–H groups in total. The SMILES string of the molecule is CS(=O)(=O)N[C@@H]1CCCN(C(=O)c2occc2-c2ccccc2)C1. The molecule has 0 saturated carbocycles. The number of sulfonamides is 1. The van der Waals surface area contributed by atoms with Crippen LogP contribution in [0.15, 0.2) is 47.1 Å². The van der Waals surface area contributed by atoms with Gasteiger partial charge in [-0.25, -0.2) is 13.1 Å². The summed E-state index contributed by atoms with van der Waals surface area (Å²) in [4.78, 5) is 14.5. The van der Waals surface area contributed by atoms with Gasteiger partial charge >= 0.3 is 0 Å². The van der Waals surface area contributed by atoms with Crippen LogP contribution in [0.5, 0.6) is 0 Å². The summed E-state index contributed by atoms with van der Waals surface area (Å²) in [7, 11) is -3.29. The van der Waals surface area contributed by atoms with Crippen LogP contribution in [0, 0.1) is 0 Å². The van der Waals surface area contributed by atoms with E-state index in [2.05, 4.69) is 4.72 Å². The average Bonchev–Trinajstić information content (AvgIpc) is 3.03. The standard InChI is InChI=1S/C17H20N2O4S/c1-24(21,22)18-14-8-5-10-19(12-14)17(20)16-15(9-11-23-16)13-6-3-2-4-7-13/h2-4,6-7,9,11,14,18H,5,8,10,12H2,1H3/t14-/m1/s1. The first-order valence-electron chi connectivity index (χ1n) is 7.83. The summed E-state index contributed by atoms with van der Waals surface area (Å²) in [6.07, 6.45) is 4.11. The molecule has 0 unspecified atom stereocenters. The second kappa shape index (κ2) is 6.78. The summed E-state index contributed by atoms with van der Waals surface area (Å²) >= 11 is 0. The van der Waals surface area contributed by atoms with E-state index in [4.69, 9.17) is 4.42 Å². The van der Waals surface area contributed by atoms with Gasteiger partial charge in [-0.15, -0.1) is 0 Å². The van der Waals surface area contributed by atoms with E-state index in [1.165, 1.54) is 6.26 Å². The molecular formula is C17H20N2O4S. The van der Waals surface area contributed by atoms with Crippen LogP contribution in [0.1, 0.15) is 23.4 Å². The highest BCUT2D eigenvalue weighted by molar-refractivity contribution is 7.88. The van der Waals surface area contributed by atoms with E-state index in [-0.39, 0.29) is 11.9 Å². The van der Waals surface area contributed by atoms with Crippen molar-refractivity contribution in [3.05, 3.63) is 48.4 Å². The number of benzene rings is 1.